The smallest absolute Gasteiger partial charge is 0.405 e. The molecule has 7 nitrogen and oxygen atoms in total. The number of aromatic nitrogens is 4. The molecule has 182 valence electrons. The molecule has 0 unspecified atom stereocenters. The second-order valence-electron chi connectivity index (χ2n) is 8.56. The normalized spacial score (nSPS) is 15.0. The van der Waals surface area contributed by atoms with Crippen LogP contribution in [0, 0.1) is 0 Å². The van der Waals surface area contributed by atoms with Crippen LogP contribution < -0.4 is 15.0 Å². The Morgan fingerprint density at radius 3 is 2.40 bits per heavy atom. The van der Waals surface area contributed by atoms with Crippen LogP contribution in [0.4, 0.5) is 19.0 Å². The molecule has 1 fully saturated rings. The highest BCUT2D eigenvalue weighted by Gasteiger charge is 2.32. The zero-order valence-corrected chi connectivity index (χ0v) is 19.2. The standard InChI is InChI=1S/C25H25F3N6O/c1-33-21(10-13-30-33)23-19-7-3-4-8-20(19)24(32-31-23)34-14-11-18(12-15-34)29-16-17-6-2-5-9-22(17)35-25(26,27)28/h2-10,13,18,29H,11-12,14-16H2,1H3. The zero-order valence-electron chi connectivity index (χ0n) is 19.2. The van der Waals surface area contributed by atoms with Gasteiger partial charge in [-0.15, -0.1) is 23.4 Å². The molecule has 2 aromatic heterocycles. The molecule has 0 radical (unpaired) electrons. The lowest BCUT2D eigenvalue weighted by molar-refractivity contribution is -0.274. The van der Waals surface area contributed by atoms with Gasteiger partial charge in [0.05, 0.1) is 5.69 Å². The molecule has 1 saturated heterocycles. The molecule has 35 heavy (non-hydrogen) atoms. The number of piperidine rings is 1. The van der Waals surface area contributed by atoms with E-state index in [1.807, 2.05) is 31.3 Å². The van der Waals surface area contributed by atoms with Gasteiger partial charge in [0, 0.05) is 55.3 Å². The Bertz CT molecular complexity index is 1310. The van der Waals surface area contributed by atoms with Crippen LogP contribution in [0.15, 0.2) is 60.8 Å². The Morgan fingerprint density at radius 1 is 0.971 bits per heavy atom. The van der Waals surface area contributed by atoms with Crippen molar-refractivity contribution in [3.8, 4) is 17.1 Å². The van der Waals surface area contributed by atoms with E-state index >= 15 is 0 Å². The minimum atomic E-state index is -4.71. The summed E-state index contributed by atoms with van der Waals surface area (Å²) >= 11 is 0. The summed E-state index contributed by atoms with van der Waals surface area (Å²) in [4.78, 5) is 2.22. The fourth-order valence-corrected chi connectivity index (χ4v) is 4.54. The molecule has 10 heteroatoms. The number of aryl methyl sites for hydroxylation is 1. The van der Waals surface area contributed by atoms with E-state index in [1.54, 1.807) is 23.0 Å². The van der Waals surface area contributed by atoms with Gasteiger partial charge in [-0.05, 0) is 25.0 Å². The second kappa shape index (κ2) is 9.53. The maximum Gasteiger partial charge on any atom is 0.573 e. The van der Waals surface area contributed by atoms with Crippen LogP contribution in [0.3, 0.4) is 0 Å². The van der Waals surface area contributed by atoms with E-state index in [-0.39, 0.29) is 11.8 Å². The highest BCUT2D eigenvalue weighted by atomic mass is 19.4. The van der Waals surface area contributed by atoms with Crippen LogP contribution in [0.2, 0.25) is 0 Å². The van der Waals surface area contributed by atoms with Crippen LogP contribution >= 0.6 is 0 Å². The summed E-state index contributed by atoms with van der Waals surface area (Å²) in [6, 6.07) is 16.4. The number of fused-ring (bicyclic) bond motifs is 1. The van der Waals surface area contributed by atoms with Crippen molar-refractivity contribution in [3.63, 3.8) is 0 Å². The predicted molar refractivity (Wildman–Crippen MR) is 127 cm³/mol. The van der Waals surface area contributed by atoms with Crippen molar-refractivity contribution in [3.05, 3.63) is 66.4 Å². The number of para-hydroxylation sites is 1. The van der Waals surface area contributed by atoms with Gasteiger partial charge in [-0.25, -0.2) is 0 Å². The lowest BCUT2D eigenvalue weighted by Gasteiger charge is -2.33. The number of benzene rings is 2. The van der Waals surface area contributed by atoms with Crippen molar-refractivity contribution >= 4 is 16.6 Å². The number of nitrogens with one attached hydrogen (secondary N) is 1. The van der Waals surface area contributed by atoms with Gasteiger partial charge >= 0.3 is 6.36 Å². The third kappa shape index (κ3) is 5.07. The third-order valence-corrected chi connectivity index (χ3v) is 6.31. The van der Waals surface area contributed by atoms with E-state index in [4.69, 9.17) is 0 Å². The number of hydrogen-bond acceptors (Lipinski definition) is 6. The first-order valence-electron chi connectivity index (χ1n) is 11.4. The van der Waals surface area contributed by atoms with Gasteiger partial charge < -0.3 is 15.0 Å². The summed E-state index contributed by atoms with van der Waals surface area (Å²) in [5, 5.41) is 18.8. The Morgan fingerprint density at radius 2 is 1.69 bits per heavy atom. The molecule has 5 rings (SSSR count). The molecule has 1 aliphatic heterocycles. The Hall–Kier alpha value is -3.66. The summed E-state index contributed by atoms with van der Waals surface area (Å²) < 4.78 is 44.0. The quantitative estimate of drug-likeness (QED) is 0.430. The molecule has 0 bridgehead atoms. The largest absolute Gasteiger partial charge is 0.573 e. The summed E-state index contributed by atoms with van der Waals surface area (Å²) in [5.41, 5.74) is 2.17. The number of rotatable bonds is 6. The average molecular weight is 483 g/mol. The van der Waals surface area contributed by atoms with Gasteiger partial charge in [0.25, 0.3) is 0 Å². The number of ether oxygens (including phenoxy) is 1. The molecule has 1 aliphatic rings. The van der Waals surface area contributed by atoms with Crippen molar-refractivity contribution in [2.75, 3.05) is 18.0 Å². The monoisotopic (exact) mass is 482 g/mol. The van der Waals surface area contributed by atoms with Gasteiger partial charge in [-0.2, -0.15) is 5.10 Å². The first kappa shape index (κ1) is 23.1. The van der Waals surface area contributed by atoms with Crippen LogP contribution in [0.25, 0.3) is 22.2 Å². The Kier molecular flexibility index (Phi) is 6.29. The molecule has 0 saturated carbocycles. The zero-order chi connectivity index (χ0) is 24.4. The van der Waals surface area contributed by atoms with Crippen molar-refractivity contribution in [1.82, 2.24) is 25.3 Å². The minimum Gasteiger partial charge on any atom is -0.405 e. The highest BCUT2D eigenvalue weighted by Crippen LogP contribution is 2.32. The van der Waals surface area contributed by atoms with E-state index in [9.17, 15) is 13.2 Å². The number of anilines is 1. The van der Waals surface area contributed by atoms with Crippen molar-refractivity contribution in [2.45, 2.75) is 31.8 Å². The molecule has 3 heterocycles. The number of hydrogen-bond donors (Lipinski definition) is 1. The van der Waals surface area contributed by atoms with Crippen molar-refractivity contribution in [2.24, 2.45) is 7.05 Å². The van der Waals surface area contributed by atoms with E-state index < -0.39 is 6.36 Å². The van der Waals surface area contributed by atoms with E-state index in [2.05, 4.69) is 36.3 Å². The fraction of sp³-hybridized carbons (Fsp3) is 0.320. The second-order valence-corrected chi connectivity index (χ2v) is 8.56. The molecule has 0 aliphatic carbocycles. The summed E-state index contributed by atoms with van der Waals surface area (Å²) in [6.45, 7) is 1.84. The molecule has 0 spiro atoms. The predicted octanol–water partition coefficient (Wildman–Crippen LogP) is 4.69. The Labute approximate surface area is 200 Å². The molecular formula is C25H25F3N6O. The molecule has 1 N–H and O–H groups in total. The summed E-state index contributed by atoms with van der Waals surface area (Å²) in [6.07, 6.45) is -1.30. The first-order valence-corrected chi connectivity index (χ1v) is 11.4. The van der Waals surface area contributed by atoms with Gasteiger partial charge in [0.1, 0.15) is 11.4 Å². The van der Waals surface area contributed by atoms with Gasteiger partial charge in [-0.1, -0.05) is 42.5 Å². The summed E-state index contributed by atoms with van der Waals surface area (Å²) in [7, 11) is 1.88. The van der Waals surface area contributed by atoms with Crippen molar-refractivity contribution in [1.29, 1.82) is 0 Å². The topological polar surface area (TPSA) is 68.1 Å². The maximum atomic E-state index is 12.7. The molecule has 2 aromatic carbocycles. The van der Waals surface area contributed by atoms with Crippen LogP contribution in [0.5, 0.6) is 5.75 Å². The number of alkyl halides is 3. The minimum absolute atomic E-state index is 0.166. The molecule has 0 amide bonds. The van der Waals surface area contributed by atoms with E-state index in [0.29, 0.717) is 12.1 Å². The first-order chi connectivity index (χ1) is 16.9. The SMILES string of the molecule is Cn1nccc1-c1nnc(N2CCC(NCc3ccccc3OC(F)(F)F)CC2)c2ccccc12. The molecule has 4 aromatic rings. The molecule has 0 atom stereocenters. The lowest BCUT2D eigenvalue weighted by Crippen LogP contribution is -2.42. The van der Waals surface area contributed by atoms with Gasteiger partial charge in [0.15, 0.2) is 5.82 Å². The van der Waals surface area contributed by atoms with E-state index in [0.717, 1.165) is 53.9 Å². The van der Waals surface area contributed by atoms with Crippen molar-refractivity contribution < 1.29 is 17.9 Å². The van der Waals surface area contributed by atoms with Gasteiger partial charge in [0.2, 0.25) is 0 Å². The van der Waals surface area contributed by atoms with Crippen LogP contribution in [0.1, 0.15) is 18.4 Å². The van der Waals surface area contributed by atoms with E-state index in [1.165, 1.54) is 12.1 Å². The highest BCUT2D eigenvalue weighted by molar-refractivity contribution is 5.99. The third-order valence-electron chi connectivity index (χ3n) is 6.31. The maximum absolute atomic E-state index is 12.7. The average Bonchev–Trinajstić information content (AvgIpc) is 3.28. The number of halogens is 3. The Balaban J connectivity index is 1.27. The summed E-state index contributed by atoms with van der Waals surface area (Å²) in [5.74, 6) is 0.675. The number of nitrogens with zero attached hydrogens (tertiary/aromatic N) is 5. The molecular weight excluding hydrogens is 457 g/mol. The van der Waals surface area contributed by atoms with Gasteiger partial charge in [-0.3, -0.25) is 4.68 Å². The van der Waals surface area contributed by atoms with Crippen LogP contribution in [-0.4, -0.2) is 45.5 Å². The lowest BCUT2D eigenvalue weighted by atomic mass is 10.0. The fourth-order valence-electron chi connectivity index (χ4n) is 4.54. The van der Waals surface area contributed by atoms with Crippen LogP contribution in [-0.2, 0) is 13.6 Å².